The average Bonchev–Trinajstić information content (AvgIpc) is 3.07. The Morgan fingerprint density at radius 1 is 0.967 bits per heavy atom. The van der Waals surface area contributed by atoms with Gasteiger partial charge in [-0.3, -0.25) is 4.79 Å². The largest absolute Gasteiger partial charge is 0.497 e. The van der Waals surface area contributed by atoms with Crippen molar-refractivity contribution in [1.82, 2.24) is 9.21 Å². The van der Waals surface area contributed by atoms with Crippen molar-refractivity contribution >= 4 is 15.9 Å². The van der Waals surface area contributed by atoms with Crippen LogP contribution in [0, 0.1) is 0 Å². The molecule has 1 aliphatic rings. The van der Waals surface area contributed by atoms with E-state index in [9.17, 15) is 13.2 Å². The first-order chi connectivity index (χ1) is 14.5. The third-order valence-electron chi connectivity index (χ3n) is 5.50. The van der Waals surface area contributed by atoms with Crippen LogP contribution >= 0.6 is 0 Å². The number of hydrogen-bond donors (Lipinski definition) is 0. The second-order valence-corrected chi connectivity index (χ2v) is 9.45. The summed E-state index contributed by atoms with van der Waals surface area (Å²) in [5, 5.41) is 0. The van der Waals surface area contributed by atoms with E-state index in [-0.39, 0.29) is 17.3 Å². The summed E-state index contributed by atoms with van der Waals surface area (Å²) in [7, 11) is -2.07. The van der Waals surface area contributed by atoms with E-state index < -0.39 is 10.0 Å². The van der Waals surface area contributed by atoms with E-state index in [1.54, 1.807) is 43.5 Å². The highest BCUT2D eigenvalue weighted by Crippen LogP contribution is 2.21. The van der Waals surface area contributed by atoms with E-state index >= 15 is 0 Å². The van der Waals surface area contributed by atoms with Crippen LogP contribution < -0.4 is 4.74 Å². The highest BCUT2D eigenvalue weighted by atomic mass is 32.2. The molecular formula is C23H30N2O4S. The summed E-state index contributed by atoms with van der Waals surface area (Å²) < 4.78 is 32.5. The van der Waals surface area contributed by atoms with Crippen LogP contribution in [0.15, 0.2) is 53.4 Å². The minimum absolute atomic E-state index is 0.0571. The van der Waals surface area contributed by atoms with Crippen LogP contribution in [0.4, 0.5) is 0 Å². The zero-order chi connectivity index (χ0) is 21.6. The molecule has 30 heavy (non-hydrogen) atoms. The number of carbonyl (C=O) groups is 1. The number of likely N-dealkylation sites (tertiary alicyclic amines) is 1. The molecule has 2 aromatic rings. The van der Waals surface area contributed by atoms with Gasteiger partial charge < -0.3 is 9.64 Å². The Labute approximate surface area is 179 Å². The van der Waals surface area contributed by atoms with Crippen LogP contribution in [-0.2, 0) is 16.6 Å². The number of methoxy groups -OCH3 is 1. The van der Waals surface area contributed by atoms with Gasteiger partial charge in [-0.25, -0.2) is 8.42 Å². The van der Waals surface area contributed by atoms with Crippen LogP contribution in [0.2, 0.25) is 0 Å². The van der Waals surface area contributed by atoms with Crippen molar-refractivity contribution in [2.45, 2.75) is 44.0 Å². The van der Waals surface area contributed by atoms with Crippen molar-refractivity contribution in [2.24, 2.45) is 0 Å². The molecule has 0 saturated carbocycles. The van der Waals surface area contributed by atoms with Gasteiger partial charge in [0.2, 0.25) is 10.0 Å². The van der Waals surface area contributed by atoms with Crippen molar-refractivity contribution in [3.05, 3.63) is 59.7 Å². The lowest BCUT2D eigenvalue weighted by Crippen LogP contribution is -2.32. The van der Waals surface area contributed by atoms with Gasteiger partial charge in [-0.1, -0.05) is 31.9 Å². The Balaban J connectivity index is 1.71. The molecule has 0 bridgehead atoms. The second-order valence-electron chi connectivity index (χ2n) is 7.51. The predicted octanol–water partition coefficient (Wildman–Crippen LogP) is 3.92. The lowest BCUT2D eigenvalue weighted by Gasteiger charge is -2.22. The molecule has 1 amide bonds. The molecule has 2 aromatic carbocycles. The molecule has 0 atom stereocenters. The maximum Gasteiger partial charge on any atom is 0.253 e. The normalized spacial score (nSPS) is 15.1. The van der Waals surface area contributed by atoms with Gasteiger partial charge in [0.05, 0.1) is 12.0 Å². The third kappa shape index (κ3) is 5.21. The quantitative estimate of drug-likeness (QED) is 0.668. The summed E-state index contributed by atoms with van der Waals surface area (Å²) in [4.78, 5) is 14.9. The Kier molecular flexibility index (Phi) is 7.50. The fourth-order valence-corrected chi connectivity index (χ4v) is 5.11. The van der Waals surface area contributed by atoms with Crippen LogP contribution in [0.3, 0.4) is 0 Å². The van der Waals surface area contributed by atoms with Gasteiger partial charge >= 0.3 is 0 Å². The van der Waals surface area contributed by atoms with Crippen molar-refractivity contribution in [3.63, 3.8) is 0 Å². The molecule has 3 rings (SSSR count). The Bertz CT molecular complexity index is 932. The summed E-state index contributed by atoms with van der Waals surface area (Å²) in [6, 6.07) is 13.7. The molecule has 6 nitrogen and oxygen atoms in total. The standard InChI is InChI=1S/C23H30N2O4S/c1-3-25(30(27,28)22-14-12-21(29-2)13-15-22)18-19-8-10-20(11-9-19)23(26)24-16-6-4-5-7-17-24/h8-15H,3-7,16-18H2,1-2H3. The number of sulfonamides is 1. The number of benzene rings is 2. The molecule has 1 fully saturated rings. The van der Waals surface area contributed by atoms with Crippen molar-refractivity contribution in [1.29, 1.82) is 0 Å². The average molecular weight is 431 g/mol. The van der Waals surface area contributed by atoms with Crippen LogP contribution in [0.1, 0.15) is 48.5 Å². The topological polar surface area (TPSA) is 66.9 Å². The van der Waals surface area contributed by atoms with Crippen LogP contribution in [0.5, 0.6) is 5.75 Å². The molecule has 1 saturated heterocycles. The number of ether oxygens (including phenoxy) is 1. The van der Waals surface area contributed by atoms with E-state index in [2.05, 4.69) is 0 Å². The van der Waals surface area contributed by atoms with E-state index in [1.807, 2.05) is 24.0 Å². The van der Waals surface area contributed by atoms with E-state index in [0.29, 0.717) is 17.9 Å². The van der Waals surface area contributed by atoms with Gasteiger partial charge in [0.15, 0.2) is 0 Å². The number of amides is 1. The fraction of sp³-hybridized carbons (Fsp3) is 0.435. The first-order valence-electron chi connectivity index (χ1n) is 10.5. The summed E-state index contributed by atoms with van der Waals surface area (Å²) in [5.41, 5.74) is 1.50. The molecule has 0 N–H and O–H groups in total. The number of rotatable bonds is 7. The second kappa shape index (κ2) is 10.1. The molecular weight excluding hydrogens is 400 g/mol. The van der Waals surface area contributed by atoms with Gasteiger partial charge in [0.1, 0.15) is 5.75 Å². The predicted molar refractivity (Wildman–Crippen MR) is 117 cm³/mol. The summed E-state index contributed by atoms with van der Waals surface area (Å²) in [5.74, 6) is 0.670. The smallest absolute Gasteiger partial charge is 0.253 e. The zero-order valence-corrected chi connectivity index (χ0v) is 18.5. The minimum Gasteiger partial charge on any atom is -0.497 e. The van der Waals surface area contributed by atoms with Gasteiger partial charge in [0.25, 0.3) is 5.91 Å². The molecule has 1 aliphatic heterocycles. The molecule has 0 aliphatic carbocycles. The van der Waals surface area contributed by atoms with Gasteiger partial charge in [-0.15, -0.1) is 0 Å². The number of carbonyl (C=O) groups excluding carboxylic acids is 1. The first kappa shape index (κ1) is 22.3. The molecule has 0 unspecified atom stereocenters. The van der Waals surface area contributed by atoms with Crippen LogP contribution in [0.25, 0.3) is 0 Å². The van der Waals surface area contributed by atoms with Gasteiger partial charge in [-0.05, 0) is 54.8 Å². The minimum atomic E-state index is -3.62. The number of nitrogens with zero attached hydrogens (tertiary/aromatic N) is 2. The number of hydrogen-bond acceptors (Lipinski definition) is 4. The van der Waals surface area contributed by atoms with E-state index in [4.69, 9.17) is 4.74 Å². The molecule has 0 radical (unpaired) electrons. The van der Waals surface area contributed by atoms with Crippen molar-refractivity contribution in [2.75, 3.05) is 26.7 Å². The van der Waals surface area contributed by atoms with Gasteiger partial charge in [0, 0.05) is 31.7 Å². The Morgan fingerprint density at radius 3 is 2.10 bits per heavy atom. The third-order valence-corrected chi connectivity index (χ3v) is 7.44. The zero-order valence-electron chi connectivity index (χ0n) is 17.7. The summed E-state index contributed by atoms with van der Waals surface area (Å²) in [6.07, 6.45) is 4.47. The molecule has 162 valence electrons. The lowest BCUT2D eigenvalue weighted by molar-refractivity contribution is 0.0761. The molecule has 0 spiro atoms. The maximum absolute atomic E-state index is 13.0. The fourth-order valence-electron chi connectivity index (χ4n) is 3.68. The summed E-state index contributed by atoms with van der Waals surface area (Å²) >= 11 is 0. The maximum atomic E-state index is 13.0. The molecule has 0 aromatic heterocycles. The highest BCUT2D eigenvalue weighted by molar-refractivity contribution is 7.89. The SMILES string of the molecule is CCN(Cc1ccc(C(=O)N2CCCCCC2)cc1)S(=O)(=O)c1ccc(OC)cc1. The van der Waals surface area contributed by atoms with E-state index in [1.165, 1.54) is 17.1 Å². The van der Waals surface area contributed by atoms with E-state index in [0.717, 1.165) is 31.5 Å². The van der Waals surface area contributed by atoms with Gasteiger partial charge in [-0.2, -0.15) is 4.31 Å². The summed E-state index contributed by atoms with van der Waals surface area (Å²) in [6.45, 7) is 4.04. The monoisotopic (exact) mass is 430 g/mol. The molecule has 1 heterocycles. The van der Waals surface area contributed by atoms with Crippen molar-refractivity contribution < 1.29 is 17.9 Å². The lowest BCUT2D eigenvalue weighted by atomic mass is 10.1. The first-order valence-corrected chi connectivity index (χ1v) is 11.9. The van der Waals surface area contributed by atoms with Crippen molar-refractivity contribution in [3.8, 4) is 5.75 Å². The molecule has 7 heteroatoms. The van der Waals surface area contributed by atoms with Crippen LogP contribution in [-0.4, -0.2) is 50.3 Å². The highest BCUT2D eigenvalue weighted by Gasteiger charge is 2.23. The Hall–Kier alpha value is -2.38. The Morgan fingerprint density at radius 2 is 1.57 bits per heavy atom.